The molecule has 1 heterocycles. The summed E-state index contributed by atoms with van der Waals surface area (Å²) in [5.74, 6) is -0.529. The molecule has 1 amide bonds. The Hall–Kier alpha value is -2.14. The number of rotatable bonds is 3. The van der Waals surface area contributed by atoms with E-state index in [9.17, 15) is 4.79 Å². The number of para-hydroxylation sites is 1. The van der Waals surface area contributed by atoms with Gasteiger partial charge in [0.1, 0.15) is 6.61 Å². The minimum Gasteiger partial charge on any atom is -0.386 e. The lowest BCUT2D eigenvalue weighted by molar-refractivity contribution is -0.123. The largest absolute Gasteiger partial charge is 0.386 e. The molecule has 2 rings (SSSR count). The number of H-pyrrole nitrogens is 1. The highest BCUT2D eigenvalue weighted by atomic mass is 16.3. The summed E-state index contributed by atoms with van der Waals surface area (Å²) in [7, 11) is 0. The Morgan fingerprint density at radius 3 is 3.06 bits per heavy atom. The van der Waals surface area contributed by atoms with Gasteiger partial charge in [0.05, 0.1) is 6.21 Å². The Morgan fingerprint density at radius 2 is 2.29 bits per heavy atom. The number of aliphatic hydroxyl groups is 1. The van der Waals surface area contributed by atoms with Crippen molar-refractivity contribution >= 4 is 23.0 Å². The van der Waals surface area contributed by atoms with Gasteiger partial charge in [0.15, 0.2) is 0 Å². The van der Waals surface area contributed by atoms with Crippen LogP contribution in [0.5, 0.6) is 0 Å². The van der Waals surface area contributed by atoms with E-state index in [-0.39, 0.29) is 0 Å². The average Bonchev–Trinajstić information content (AvgIpc) is 2.66. The quantitative estimate of drug-likeness (QED) is 0.542. The maximum atomic E-state index is 10.8. The SMILES string of the molecule is Cc1[nH]c2ccccc2c1C=NNC(=O)CO. The summed E-state index contributed by atoms with van der Waals surface area (Å²) in [6.07, 6.45) is 1.57. The van der Waals surface area contributed by atoms with Crippen molar-refractivity contribution in [2.75, 3.05) is 6.61 Å². The lowest BCUT2D eigenvalue weighted by Gasteiger charge is -1.95. The molecule has 0 aliphatic heterocycles. The second-order valence-electron chi connectivity index (χ2n) is 3.66. The molecule has 0 fully saturated rings. The van der Waals surface area contributed by atoms with Crippen LogP contribution in [0.15, 0.2) is 29.4 Å². The third kappa shape index (κ3) is 2.34. The van der Waals surface area contributed by atoms with Crippen molar-refractivity contribution in [3.05, 3.63) is 35.5 Å². The Morgan fingerprint density at radius 1 is 1.53 bits per heavy atom. The second kappa shape index (κ2) is 4.80. The number of fused-ring (bicyclic) bond motifs is 1. The lowest BCUT2D eigenvalue weighted by Crippen LogP contribution is -2.20. The van der Waals surface area contributed by atoms with Crippen molar-refractivity contribution in [2.45, 2.75) is 6.92 Å². The fourth-order valence-corrected chi connectivity index (χ4v) is 1.67. The maximum absolute atomic E-state index is 10.8. The van der Waals surface area contributed by atoms with E-state index < -0.39 is 12.5 Å². The van der Waals surface area contributed by atoms with Crippen LogP contribution in [0.3, 0.4) is 0 Å². The average molecular weight is 231 g/mol. The normalized spacial score (nSPS) is 11.2. The van der Waals surface area contributed by atoms with Crippen molar-refractivity contribution < 1.29 is 9.90 Å². The van der Waals surface area contributed by atoms with Gasteiger partial charge in [-0.25, -0.2) is 5.43 Å². The number of aliphatic hydroxyl groups excluding tert-OH is 1. The fraction of sp³-hybridized carbons (Fsp3) is 0.167. The zero-order valence-electron chi connectivity index (χ0n) is 9.40. The van der Waals surface area contributed by atoms with Crippen LogP contribution < -0.4 is 5.43 Å². The number of aromatic nitrogens is 1. The molecule has 5 heteroatoms. The molecule has 0 unspecified atom stereocenters. The fourth-order valence-electron chi connectivity index (χ4n) is 1.67. The van der Waals surface area contributed by atoms with Crippen molar-refractivity contribution in [3.8, 4) is 0 Å². The van der Waals surface area contributed by atoms with Crippen LogP contribution in [-0.2, 0) is 4.79 Å². The summed E-state index contributed by atoms with van der Waals surface area (Å²) in [6, 6.07) is 7.85. The number of benzene rings is 1. The predicted molar refractivity (Wildman–Crippen MR) is 65.9 cm³/mol. The molecule has 2 aromatic rings. The Kier molecular flexibility index (Phi) is 3.20. The van der Waals surface area contributed by atoms with Crippen LogP contribution in [0.25, 0.3) is 10.9 Å². The van der Waals surface area contributed by atoms with E-state index in [2.05, 4.69) is 15.5 Å². The lowest BCUT2D eigenvalue weighted by atomic mass is 10.1. The van der Waals surface area contributed by atoms with Gasteiger partial charge >= 0.3 is 0 Å². The highest BCUT2D eigenvalue weighted by molar-refractivity contribution is 6.00. The summed E-state index contributed by atoms with van der Waals surface area (Å²) in [6.45, 7) is 1.37. The van der Waals surface area contributed by atoms with Gasteiger partial charge in [-0.05, 0) is 13.0 Å². The molecule has 0 bridgehead atoms. The molecule has 0 aliphatic rings. The smallest absolute Gasteiger partial charge is 0.265 e. The van der Waals surface area contributed by atoms with E-state index >= 15 is 0 Å². The van der Waals surface area contributed by atoms with E-state index in [1.165, 1.54) is 0 Å². The zero-order valence-corrected chi connectivity index (χ0v) is 9.40. The van der Waals surface area contributed by atoms with Gasteiger partial charge in [-0.2, -0.15) is 5.10 Å². The summed E-state index contributed by atoms with van der Waals surface area (Å²) in [5, 5.41) is 13.4. The van der Waals surface area contributed by atoms with E-state index in [1.54, 1.807) is 6.21 Å². The number of amides is 1. The number of nitrogens with one attached hydrogen (secondary N) is 2. The minimum absolute atomic E-state index is 0.529. The molecule has 0 saturated heterocycles. The van der Waals surface area contributed by atoms with Gasteiger partial charge in [-0.3, -0.25) is 4.79 Å². The topological polar surface area (TPSA) is 77.5 Å². The first-order valence-electron chi connectivity index (χ1n) is 5.22. The van der Waals surface area contributed by atoms with Crippen molar-refractivity contribution in [1.82, 2.24) is 10.4 Å². The minimum atomic E-state index is -0.565. The number of hydrogen-bond acceptors (Lipinski definition) is 3. The number of nitrogens with zero attached hydrogens (tertiary/aromatic N) is 1. The van der Waals surface area contributed by atoms with Crippen LogP contribution in [-0.4, -0.2) is 28.8 Å². The standard InChI is InChI=1S/C12H13N3O2/c1-8-10(6-13-15-12(17)7-16)9-4-2-3-5-11(9)14-8/h2-6,14,16H,7H2,1H3,(H,15,17). The zero-order chi connectivity index (χ0) is 12.3. The molecule has 0 saturated carbocycles. The summed E-state index contributed by atoms with van der Waals surface area (Å²) in [4.78, 5) is 14.0. The molecular weight excluding hydrogens is 218 g/mol. The van der Waals surface area contributed by atoms with Crippen LogP contribution in [0.1, 0.15) is 11.3 Å². The van der Waals surface area contributed by atoms with E-state index in [4.69, 9.17) is 5.11 Å². The first-order valence-corrected chi connectivity index (χ1v) is 5.22. The molecule has 3 N–H and O–H groups in total. The summed E-state index contributed by atoms with van der Waals surface area (Å²) >= 11 is 0. The first-order chi connectivity index (χ1) is 8.22. The summed E-state index contributed by atoms with van der Waals surface area (Å²) < 4.78 is 0. The van der Waals surface area contributed by atoms with Crippen LogP contribution in [0.2, 0.25) is 0 Å². The van der Waals surface area contributed by atoms with Gasteiger partial charge in [-0.15, -0.1) is 0 Å². The monoisotopic (exact) mass is 231 g/mol. The third-order valence-corrected chi connectivity index (χ3v) is 2.47. The molecule has 0 spiro atoms. The first kappa shape index (κ1) is 11.3. The maximum Gasteiger partial charge on any atom is 0.265 e. The Bertz CT molecular complexity index is 572. The van der Waals surface area contributed by atoms with Crippen molar-refractivity contribution in [3.63, 3.8) is 0 Å². The number of carbonyl (C=O) groups excluding carboxylic acids is 1. The predicted octanol–water partition coefficient (Wildman–Crippen LogP) is 0.919. The second-order valence-corrected chi connectivity index (χ2v) is 3.66. The molecule has 0 aliphatic carbocycles. The number of carbonyl (C=O) groups is 1. The van der Waals surface area contributed by atoms with Gasteiger partial charge < -0.3 is 10.1 Å². The molecule has 0 atom stereocenters. The highest BCUT2D eigenvalue weighted by Gasteiger charge is 2.05. The van der Waals surface area contributed by atoms with E-state index in [0.717, 1.165) is 22.2 Å². The van der Waals surface area contributed by atoms with Gasteiger partial charge in [0.2, 0.25) is 0 Å². The molecule has 1 aromatic heterocycles. The molecule has 1 aromatic carbocycles. The van der Waals surface area contributed by atoms with Crippen molar-refractivity contribution in [1.29, 1.82) is 0 Å². The highest BCUT2D eigenvalue weighted by Crippen LogP contribution is 2.19. The van der Waals surface area contributed by atoms with E-state index in [0.29, 0.717) is 0 Å². The van der Waals surface area contributed by atoms with Gasteiger partial charge in [0.25, 0.3) is 5.91 Å². The van der Waals surface area contributed by atoms with Crippen molar-refractivity contribution in [2.24, 2.45) is 5.10 Å². The number of aromatic amines is 1. The molecular formula is C12H13N3O2. The summed E-state index contributed by atoms with van der Waals surface area (Å²) in [5.41, 5.74) is 5.17. The molecule has 5 nitrogen and oxygen atoms in total. The number of hydrogen-bond donors (Lipinski definition) is 3. The van der Waals surface area contributed by atoms with E-state index in [1.807, 2.05) is 31.2 Å². The van der Waals surface area contributed by atoms with Crippen LogP contribution in [0.4, 0.5) is 0 Å². The van der Waals surface area contributed by atoms with Crippen LogP contribution >= 0.6 is 0 Å². The Labute approximate surface area is 98.2 Å². The van der Waals surface area contributed by atoms with Gasteiger partial charge in [-0.1, -0.05) is 18.2 Å². The molecule has 0 radical (unpaired) electrons. The number of hydrazone groups is 1. The molecule has 17 heavy (non-hydrogen) atoms. The van der Waals surface area contributed by atoms with Gasteiger partial charge in [0, 0.05) is 22.2 Å². The third-order valence-electron chi connectivity index (χ3n) is 2.47. The van der Waals surface area contributed by atoms with Crippen LogP contribution in [0, 0.1) is 6.92 Å². The molecule has 88 valence electrons. The Balaban J connectivity index is 2.29. The number of aryl methyl sites for hydroxylation is 1.